The maximum absolute atomic E-state index is 12.4. The van der Waals surface area contributed by atoms with Crippen molar-refractivity contribution in [3.8, 4) is 17.1 Å². The number of aromatic nitrogens is 2. The number of carbonyl (C=O) groups is 1. The molecule has 0 saturated carbocycles. The first-order valence-corrected chi connectivity index (χ1v) is 7.31. The Labute approximate surface area is 133 Å². The van der Waals surface area contributed by atoms with Crippen LogP contribution >= 0.6 is 0 Å². The second kappa shape index (κ2) is 6.50. The summed E-state index contributed by atoms with van der Waals surface area (Å²) in [4.78, 5) is 12.4. The molecule has 0 aliphatic rings. The molecule has 3 rings (SSSR count). The van der Waals surface area contributed by atoms with Gasteiger partial charge in [0.05, 0.1) is 18.1 Å². The van der Waals surface area contributed by atoms with E-state index in [4.69, 9.17) is 4.42 Å². The largest absolute Gasteiger partial charge is 0.463 e. The summed E-state index contributed by atoms with van der Waals surface area (Å²) < 4.78 is 6.92. The Hall–Kier alpha value is -2.86. The Kier molecular flexibility index (Phi) is 4.25. The minimum absolute atomic E-state index is 0.175. The lowest BCUT2D eigenvalue weighted by atomic mass is 10.2. The highest BCUT2D eigenvalue weighted by Crippen LogP contribution is 2.22. The minimum Gasteiger partial charge on any atom is -0.463 e. The second-order valence-corrected chi connectivity index (χ2v) is 5.20. The van der Waals surface area contributed by atoms with Gasteiger partial charge in [-0.2, -0.15) is 5.10 Å². The lowest BCUT2D eigenvalue weighted by Crippen LogP contribution is -2.31. The highest BCUT2D eigenvalue weighted by Gasteiger charge is 2.18. The SMILES string of the molecule is CC(O)CNC(=O)c1cc(-c2ccco2)nn1-c1ccccc1. The van der Waals surface area contributed by atoms with Gasteiger partial charge >= 0.3 is 0 Å². The molecule has 1 unspecified atom stereocenters. The van der Waals surface area contributed by atoms with Gasteiger partial charge in [-0.25, -0.2) is 4.68 Å². The molecule has 0 saturated heterocycles. The van der Waals surface area contributed by atoms with Gasteiger partial charge in [0, 0.05) is 12.6 Å². The van der Waals surface area contributed by atoms with Crippen molar-refractivity contribution >= 4 is 5.91 Å². The maximum atomic E-state index is 12.4. The molecule has 2 aromatic heterocycles. The van der Waals surface area contributed by atoms with Gasteiger partial charge in [0.25, 0.3) is 5.91 Å². The van der Waals surface area contributed by atoms with Crippen LogP contribution < -0.4 is 5.32 Å². The first kappa shape index (κ1) is 15.1. The molecule has 1 amide bonds. The molecule has 6 nitrogen and oxygen atoms in total. The predicted molar refractivity (Wildman–Crippen MR) is 85.3 cm³/mol. The summed E-state index contributed by atoms with van der Waals surface area (Å²) in [5, 5.41) is 16.5. The van der Waals surface area contributed by atoms with E-state index < -0.39 is 6.10 Å². The van der Waals surface area contributed by atoms with E-state index in [-0.39, 0.29) is 12.5 Å². The molecule has 0 fully saturated rings. The Morgan fingerprint density at radius 2 is 2.09 bits per heavy atom. The molecule has 2 heterocycles. The summed E-state index contributed by atoms with van der Waals surface area (Å²) in [5.41, 5.74) is 1.72. The molecule has 1 aromatic carbocycles. The molecular formula is C17H17N3O3. The van der Waals surface area contributed by atoms with Crippen molar-refractivity contribution in [1.29, 1.82) is 0 Å². The number of aliphatic hydroxyl groups excluding tert-OH is 1. The van der Waals surface area contributed by atoms with Gasteiger partial charge in [0.1, 0.15) is 11.4 Å². The number of nitrogens with zero attached hydrogens (tertiary/aromatic N) is 2. The highest BCUT2D eigenvalue weighted by atomic mass is 16.3. The van der Waals surface area contributed by atoms with Gasteiger partial charge in [-0.15, -0.1) is 0 Å². The Morgan fingerprint density at radius 1 is 1.30 bits per heavy atom. The first-order valence-electron chi connectivity index (χ1n) is 7.31. The quantitative estimate of drug-likeness (QED) is 0.757. The molecule has 0 bridgehead atoms. The molecule has 0 spiro atoms. The van der Waals surface area contributed by atoms with E-state index in [2.05, 4.69) is 10.4 Å². The third-order valence-electron chi connectivity index (χ3n) is 3.27. The Bertz CT molecular complexity index is 777. The van der Waals surface area contributed by atoms with E-state index in [1.54, 1.807) is 36.1 Å². The second-order valence-electron chi connectivity index (χ2n) is 5.20. The summed E-state index contributed by atoms with van der Waals surface area (Å²) in [6.45, 7) is 1.79. The summed E-state index contributed by atoms with van der Waals surface area (Å²) in [6.07, 6.45) is 0.945. The standard InChI is InChI=1S/C17H17N3O3/c1-12(21)11-18-17(22)15-10-14(16-8-5-9-23-16)19-20(15)13-6-3-2-4-7-13/h2-10,12,21H,11H2,1H3,(H,18,22). The topological polar surface area (TPSA) is 80.3 Å². The summed E-state index contributed by atoms with van der Waals surface area (Å²) in [5.74, 6) is 0.282. The zero-order valence-corrected chi connectivity index (χ0v) is 12.6. The van der Waals surface area contributed by atoms with Crippen LogP contribution in [0.1, 0.15) is 17.4 Å². The van der Waals surface area contributed by atoms with Crippen molar-refractivity contribution in [2.45, 2.75) is 13.0 Å². The maximum Gasteiger partial charge on any atom is 0.270 e. The Morgan fingerprint density at radius 3 is 2.74 bits per heavy atom. The van der Waals surface area contributed by atoms with E-state index in [0.29, 0.717) is 17.1 Å². The number of nitrogens with one attached hydrogen (secondary N) is 1. The van der Waals surface area contributed by atoms with Crippen LogP contribution in [0, 0.1) is 0 Å². The monoisotopic (exact) mass is 311 g/mol. The van der Waals surface area contributed by atoms with E-state index in [0.717, 1.165) is 5.69 Å². The van der Waals surface area contributed by atoms with Crippen molar-refractivity contribution in [3.63, 3.8) is 0 Å². The van der Waals surface area contributed by atoms with Crippen molar-refractivity contribution < 1.29 is 14.3 Å². The molecule has 0 radical (unpaired) electrons. The Balaban J connectivity index is 2.00. The van der Waals surface area contributed by atoms with Gasteiger partial charge in [0.15, 0.2) is 5.76 Å². The van der Waals surface area contributed by atoms with E-state index in [1.165, 1.54) is 0 Å². The third kappa shape index (κ3) is 3.32. The first-order chi connectivity index (χ1) is 11.1. The number of rotatable bonds is 5. The number of amides is 1. The van der Waals surface area contributed by atoms with E-state index >= 15 is 0 Å². The van der Waals surface area contributed by atoms with Gasteiger partial charge in [-0.05, 0) is 31.2 Å². The lowest BCUT2D eigenvalue weighted by Gasteiger charge is -2.09. The van der Waals surface area contributed by atoms with Crippen molar-refractivity contribution in [2.75, 3.05) is 6.54 Å². The van der Waals surface area contributed by atoms with Crippen molar-refractivity contribution in [3.05, 3.63) is 60.5 Å². The number of carbonyl (C=O) groups excluding carboxylic acids is 1. The zero-order valence-electron chi connectivity index (χ0n) is 12.6. The van der Waals surface area contributed by atoms with Crippen LogP contribution in [0.5, 0.6) is 0 Å². The fourth-order valence-corrected chi connectivity index (χ4v) is 2.18. The summed E-state index contributed by atoms with van der Waals surface area (Å²) in [6, 6.07) is 14.6. The van der Waals surface area contributed by atoms with Crippen molar-refractivity contribution in [1.82, 2.24) is 15.1 Å². The van der Waals surface area contributed by atoms with Crippen LogP contribution in [0.3, 0.4) is 0 Å². The fourth-order valence-electron chi connectivity index (χ4n) is 2.18. The molecule has 0 aliphatic carbocycles. The molecule has 1 atom stereocenters. The van der Waals surface area contributed by atoms with Gasteiger partial charge in [0.2, 0.25) is 0 Å². The zero-order chi connectivity index (χ0) is 16.2. The molecule has 6 heteroatoms. The van der Waals surface area contributed by atoms with Gasteiger partial charge in [-0.3, -0.25) is 4.79 Å². The number of hydrogen-bond acceptors (Lipinski definition) is 4. The average molecular weight is 311 g/mol. The molecule has 3 aromatic rings. The third-order valence-corrected chi connectivity index (χ3v) is 3.27. The van der Waals surface area contributed by atoms with Crippen LogP contribution in [0.25, 0.3) is 17.1 Å². The van der Waals surface area contributed by atoms with Crippen LogP contribution in [0.15, 0.2) is 59.2 Å². The lowest BCUT2D eigenvalue weighted by molar-refractivity contribution is 0.0916. The molecule has 118 valence electrons. The molecule has 0 aliphatic heterocycles. The number of para-hydroxylation sites is 1. The minimum atomic E-state index is -0.614. The van der Waals surface area contributed by atoms with E-state index in [9.17, 15) is 9.90 Å². The van der Waals surface area contributed by atoms with Crippen LogP contribution in [-0.2, 0) is 0 Å². The molecular weight excluding hydrogens is 294 g/mol. The fraction of sp³-hybridized carbons (Fsp3) is 0.176. The molecule has 23 heavy (non-hydrogen) atoms. The molecule has 2 N–H and O–H groups in total. The average Bonchev–Trinajstić information content (AvgIpc) is 3.22. The highest BCUT2D eigenvalue weighted by molar-refractivity contribution is 5.94. The van der Waals surface area contributed by atoms with Crippen LogP contribution in [0.2, 0.25) is 0 Å². The van der Waals surface area contributed by atoms with Crippen LogP contribution in [-0.4, -0.2) is 33.4 Å². The summed E-state index contributed by atoms with van der Waals surface area (Å²) in [7, 11) is 0. The van der Waals surface area contributed by atoms with Gasteiger partial charge < -0.3 is 14.8 Å². The predicted octanol–water partition coefficient (Wildman–Crippen LogP) is 2.24. The van der Waals surface area contributed by atoms with E-state index in [1.807, 2.05) is 30.3 Å². The number of aliphatic hydroxyl groups is 1. The number of furan rings is 1. The van der Waals surface area contributed by atoms with Gasteiger partial charge in [-0.1, -0.05) is 18.2 Å². The van der Waals surface area contributed by atoms with Crippen molar-refractivity contribution in [2.24, 2.45) is 0 Å². The smallest absolute Gasteiger partial charge is 0.270 e. The number of hydrogen-bond donors (Lipinski definition) is 2. The number of benzene rings is 1. The van der Waals surface area contributed by atoms with Crippen LogP contribution in [0.4, 0.5) is 0 Å². The normalized spacial score (nSPS) is 12.1. The summed E-state index contributed by atoms with van der Waals surface area (Å²) >= 11 is 0.